The second-order valence-corrected chi connectivity index (χ2v) is 10.1. The number of carbonyl (C=O) groups excluding carboxylic acids is 2. The summed E-state index contributed by atoms with van der Waals surface area (Å²) in [7, 11) is -3.77. The van der Waals surface area contributed by atoms with Gasteiger partial charge < -0.3 is 10.2 Å². The SMILES string of the molecule is C[C@H](NC(=O)c1ccccc1Cl)C(=O)N1CCN(S(=O)(=O)c2cccc3nsnc23)CC1. The van der Waals surface area contributed by atoms with E-state index in [0.29, 0.717) is 16.1 Å². The minimum Gasteiger partial charge on any atom is -0.340 e. The molecule has 1 aliphatic heterocycles. The zero-order valence-corrected chi connectivity index (χ0v) is 19.5. The van der Waals surface area contributed by atoms with Crippen LogP contribution in [0.25, 0.3) is 11.0 Å². The lowest BCUT2D eigenvalue weighted by molar-refractivity contribution is -0.134. The molecule has 0 spiro atoms. The summed E-state index contributed by atoms with van der Waals surface area (Å²) in [5, 5.41) is 2.96. The Morgan fingerprint density at radius 2 is 1.78 bits per heavy atom. The van der Waals surface area contributed by atoms with Gasteiger partial charge in [-0.3, -0.25) is 9.59 Å². The highest BCUT2D eigenvalue weighted by molar-refractivity contribution is 7.89. The van der Waals surface area contributed by atoms with Crippen molar-refractivity contribution in [3.8, 4) is 0 Å². The van der Waals surface area contributed by atoms with Crippen molar-refractivity contribution in [1.29, 1.82) is 0 Å². The number of amides is 2. The van der Waals surface area contributed by atoms with Crippen LogP contribution in [-0.4, -0.2) is 70.4 Å². The van der Waals surface area contributed by atoms with E-state index in [1.54, 1.807) is 48.2 Å². The Balaban J connectivity index is 1.40. The van der Waals surface area contributed by atoms with Gasteiger partial charge in [0.05, 0.1) is 22.3 Å². The van der Waals surface area contributed by atoms with Crippen molar-refractivity contribution in [2.75, 3.05) is 26.2 Å². The number of benzene rings is 2. The number of piperazine rings is 1. The first-order valence-corrected chi connectivity index (χ1v) is 12.4. The van der Waals surface area contributed by atoms with Gasteiger partial charge in [0.2, 0.25) is 15.9 Å². The minimum absolute atomic E-state index is 0.115. The maximum absolute atomic E-state index is 13.1. The van der Waals surface area contributed by atoms with Crippen LogP contribution in [-0.2, 0) is 14.8 Å². The average molecular weight is 494 g/mol. The molecule has 1 atom stereocenters. The standard InChI is InChI=1S/C20H20ClN5O4S2/c1-13(22-19(27)14-5-2-3-6-15(14)21)20(28)25-9-11-26(12-10-25)32(29,30)17-8-4-7-16-18(17)24-31-23-16/h2-8,13H,9-12H2,1H3,(H,22,27)/t13-/m0/s1. The maximum Gasteiger partial charge on any atom is 0.253 e. The van der Waals surface area contributed by atoms with Gasteiger partial charge in [-0.1, -0.05) is 29.8 Å². The normalized spacial score (nSPS) is 16.1. The van der Waals surface area contributed by atoms with Crippen molar-refractivity contribution < 1.29 is 18.0 Å². The fourth-order valence-electron chi connectivity index (χ4n) is 3.53. The highest BCUT2D eigenvalue weighted by atomic mass is 35.5. The van der Waals surface area contributed by atoms with E-state index in [1.807, 2.05) is 0 Å². The van der Waals surface area contributed by atoms with Crippen molar-refractivity contribution in [1.82, 2.24) is 23.3 Å². The monoisotopic (exact) mass is 493 g/mol. The van der Waals surface area contributed by atoms with Crippen LogP contribution in [0.2, 0.25) is 5.02 Å². The highest BCUT2D eigenvalue weighted by Crippen LogP contribution is 2.25. The topological polar surface area (TPSA) is 113 Å². The van der Waals surface area contributed by atoms with Gasteiger partial charge in [0.15, 0.2) is 0 Å². The smallest absolute Gasteiger partial charge is 0.253 e. The van der Waals surface area contributed by atoms with Crippen molar-refractivity contribution in [3.63, 3.8) is 0 Å². The first-order valence-electron chi connectivity index (χ1n) is 9.84. The first kappa shape index (κ1) is 22.6. The molecule has 0 unspecified atom stereocenters. The van der Waals surface area contributed by atoms with Crippen LogP contribution in [0.5, 0.6) is 0 Å². The fourth-order valence-corrected chi connectivity index (χ4v) is 5.93. The molecule has 1 N–H and O–H groups in total. The molecule has 4 rings (SSSR count). The number of hydrogen-bond acceptors (Lipinski definition) is 7. The van der Waals surface area contributed by atoms with E-state index in [4.69, 9.17) is 11.6 Å². The predicted molar refractivity (Wildman–Crippen MR) is 121 cm³/mol. The van der Waals surface area contributed by atoms with E-state index in [9.17, 15) is 18.0 Å². The van der Waals surface area contributed by atoms with Gasteiger partial charge in [-0.15, -0.1) is 0 Å². The molecule has 168 valence electrons. The summed E-state index contributed by atoms with van der Waals surface area (Å²) in [5.74, 6) is -0.726. The number of rotatable bonds is 5. The van der Waals surface area contributed by atoms with Crippen LogP contribution in [0, 0.1) is 0 Å². The van der Waals surface area contributed by atoms with Gasteiger partial charge in [-0.2, -0.15) is 13.1 Å². The highest BCUT2D eigenvalue weighted by Gasteiger charge is 2.33. The Hall–Kier alpha value is -2.60. The number of nitrogens with zero attached hydrogens (tertiary/aromatic N) is 4. The molecule has 0 bridgehead atoms. The van der Waals surface area contributed by atoms with E-state index < -0.39 is 22.0 Å². The van der Waals surface area contributed by atoms with Crippen molar-refractivity contribution in [2.45, 2.75) is 17.9 Å². The van der Waals surface area contributed by atoms with Gasteiger partial charge >= 0.3 is 0 Å². The summed E-state index contributed by atoms with van der Waals surface area (Å²) < 4.78 is 35.8. The second-order valence-electron chi connectivity index (χ2n) is 7.29. The molecule has 32 heavy (non-hydrogen) atoms. The predicted octanol–water partition coefficient (Wildman–Crippen LogP) is 2.00. The molecule has 2 amide bonds. The summed E-state index contributed by atoms with van der Waals surface area (Å²) in [4.78, 5) is 26.9. The third kappa shape index (κ3) is 4.33. The summed E-state index contributed by atoms with van der Waals surface area (Å²) in [6, 6.07) is 10.7. The third-order valence-corrected chi connectivity index (χ3v) is 8.06. The van der Waals surface area contributed by atoms with E-state index in [-0.39, 0.29) is 42.5 Å². The molecular formula is C20H20ClN5O4S2. The molecule has 0 saturated carbocycles. The van der Waals surface area contributed by atoms with E-state index in [0.717, 1.165) is 11.7 Å². The average Bonchev–Trinajstić information content (AvgIpc) is 3.27. The molecule has 1 saturated heterocycles. The Bertz CT molecular complexity index is 1270. The number of aromatic nitrogens is 2. The Morgan fingerprint density at radius 3 is 2.50 bits per heavy atom. The third-order valence-electron chi connectivity index (χ3n) is 5.25. The molecule has 1 aliphatic rings. The molecule has 2 heterocycles. The van der Waals surface area contributed by atoms with Crippen LogP contribution in [0.15, 0.2) is 47.4 Å². The van der Waals surface area contributed by atoms with Crippen LogP contribution in [0.4, 0.5) is 0 Å². The summed E-state index contributed by atoms with van der Waals surface area (Å²) in [6.45, 7) is 2.32. The molecule has 0 radical (unpaired) electrons. The molecule has 9 nitrogen and oxygen atoms in total. The number of hydrogen-bond donors (Lipinski definition) is 1. The maximum atomic E-state index is 13.1. The summed E-state index contributed by atoms with van der Waals surface area (Å²) in [5.41, 5.74) is 1.18. The lowest BCUT2D eigenvalue weighted by Gasteiger charge is -2.35. The summed E-state index contributed by atoms with van der Waals surface area (Å²) >= 11 is 7.01. The van der Waals surface area contributed by atoms with E-state index >= 15 is 0 Å². The second kappa shape index (κ2) is 9.10. The van der Waals surface area contributed by atoms with Gasteiger partial charge in [0.25, 0.3) is 5.91 Å². The molecule has 1 aromatic heterocycles. The number of carbonyl (C=O) groups is 2. The van der Waals surface area contributed by atoms with Crippen LogP contribution in [0.1, 0.15) is 17.3 Å². The van der Waals surface area contributed by atoms with Crippen LogP contribution >= 0.6 is 23.3 Å². The lowest BCUT2D eigenvalue weighted by atomic mass is 10.2. The quantitative estimate of drug-likeness (QED) is 0.581. The van der Waals surface area contributed by atoms with Gasteiger partial charge in [-0.05, 0) is 31.2 Å². The molecule has 2 aromatic carbocycles. The molecule has 0 aliphatic carbocycles. The van der Waals surface area contributed by atoms with Crippen LogP contribution in [0.3, 0.4) is 0 Å². The Kier molecular flexibility index (Phi) is 6.42. The van der Waals surface area contributed by atoms with Crippen molar-refractivity contribution in [3.05, 3.63) is 53.1 Å². The fraction of sp³-hybridized carbons (Fsp3) is 0.300. The van der Waals surface area contributed by atoms with Crippen LogP contribution < -0.4 is 5.32 Å². The summed E-state index contributed by atoms with van der Waals surface area (Å²) in [6.07, 6.45) is 0. The van der Waals surface area contributed by atoms with E-state index in [2.05, 4.69) is 14.1 Å². The number of nitrogens with one attached hydrogen (secondary N) is 1. The Labute approximate surface area is 194 Å². The molecule has 12 heteroatoms. The molecule has 1 fully saturated rings. The zero-order valence-electron chi connectivity index (χ0n) is 17.1. The number of halogens is 1. The van der Waals surface area contributed by atoms with Gasteiger partial charge in [-0.25, -0.2) is 8.42 Å². The zero-order chi connectivity index (χ0) is 22.9. The van der Waals surface area contributed by atoms with Gasteiger partial charge in [0.1, 0.15) is 22.0 Å². The Morgan fingerprint density at radius 1 is 1.06 bits per heavy atom. The largest absolute Gasteiger partial charge is 0.340 e. The molecular weight excluding hydrogens is 474 g/mol. The minimum atomic E-state index is -3.77. The first-order chi connectivity index (χ1) is 15.3. The lowest BCUT2D eigenvalue weighted by Crippen LogP contribution is -2.55. The van der Waals surface area contributed by atoms with Crippen molar-refractivity contribution >= 4 is 56.2 Å². The number of fused-ring (bicyclic) bond motifs is 1. The van der Waals surface area contributed by atoms with E-state index in [1.165, 1.54) is 10.4 Å². The van der Waals surface area contributed by atoms with Crippen molar-refractivity contribution in [2.24, 2.45) is 0 Å². The molecule has 3 aromatic rings. The number of sulfonamides is 1. The van der Waals surface area contributed by atoms with Gasteiger partial charge in [0, 0.05) is 26.2 Å².